The second kappa shape index (κ2) is 5.63. The number of aliphatic carboxylic acids is 1. The van der Waals surface area contributed by atoms with Gasteiger partial charge in [-0.05, 0) is 5.92 Å². The summed E-state index contributed by atoms with van der Waals surface area (Å²) in [4.78, 5) is 24.0. The summed E-state index contributed by atoms with van der Waals surface area (Å²) >= 11 is 0. The molecule has 1 saturated heterocycles. The molecule has 2 atom stereocenters. The van der Waals surface area contributed by atoms with Crippen molar-refractivity contribution in [3.63, 3.8) is 0 Å². The lowest BCUT2D eigenvalue weighted by molar-refractivity contribution is -0.142. The van der Waals surface area contributed by atoms with Crippen LogP contribution < -0.4 is 5.32 Å². The molecular formula is C13H13F3N2O3. The van der Waals surface area contributed by atoms with E-state index in [1.807, 2.05) is 5.32 Å². The Morgan fingerprint density at radius 3 is 2.29 bits per heavy atom. The number of carbonyl (C=O) groups is 2. The predicted molar refractivity (Wildman–Crippen MR) is 67.2 cm³/mol. The van der Waals surface area contributed by atoms with Gasteiger partial charge in [0, 0.05) is 25.2 Å². The van der Waals surface area contributed by atoms with Crippen LogP contribution in [0.4, 0.5) is 23.7 Å². The van der Waals surface area contributed by atoms with Crippen LogP contribution in [-0.4, -0.2) is 35.1 Å². The highest BCUT2D eigenvalue weighted by Gasteiger charge is 2.37. The fraction of sp³-hybridized carbons (Fsp3) is 0.385. The van der Waals surface area contributed by atoms with Crippen molar-refractivity contribution in [1.82, 2.24) is 4.90 Å². The number of hydrogen-bond acceptors (Lipinski definition) is 2. The first kappa shape index (κ1) is 15.1. The SMILES string of the molecule is CC1CN(C(=O)Nc2c(F)cc(F)cc2F)CC1C(=O)O. The minimum absolute atomic E-state index is 0.0488. The van der Waals surface area contributed by atoms with Crippen LogP contribution >= 0.6 is 0 Å². The summed E-state index contributed by atoms with van der Waals surface area (Å²) in [6.45, 7) is 1.78. The molecule has 2 unspecified atom stereocenters. The molecule has 8 heteroatoms. The smallest absolute Gasteiger partial charge is 0.322 e. The van der Waals surface area contributed by atoms with E-state index in [0.29, 0.717) is 12.1 Å². The van der Waals surface area contributed by atoms with Crippen LogP contribution in [-0.2, 0) is 4.79 Å². The largest absolute Gasteiger partial charge is 0.481 e. The summed E-state index contributed by atoms with van der Waals surface area (Å²) in [5.41, 5.74) is -0.757. The average molecular weight is 302 g/mol. The van der Waals surface area contributed by atoms with Crippen LogP contribution in [0.25, 0.3) is 0 Å². The van der Waals surface area contributed by atoms with Gasteiger partial charge in [0.2, 0.25) is 0 Å². The Labute approximate surface area is 118 Å². The van der Waals surface area contributed by atoms with E-state index in [1.54, 1.807) is 6.92 Å². The zero-order chi connectivity index (χ0) is 15.7. The molecule has 2 amide bonds. The van der Waals surface area contributed by atoms with E-state index in [0.717, 1.165) is 4.90 Å². The zero-order valence-corrected chi connectivity index (χ0v) is 11.1. The number of carboxylic acid groups (broad SMARTS) is 1. The topological polar surface area (TPSA) is 69.6 Å². The zero-order valence-electron chi connectivity index (χ0n) is 11.1. The third-order valence-electron chi connectivity index (χ3n) is 3.46. The highest BCUT2D eigenvalue weighted by atomic mass is 19.1. The summed E-state index contributed by atoms with van der Waals surface area (Å²) in [5, 5.41) is 11.0. The lowest BCUT2D eigenvalue weighted by Crippen LogP contribution is -2.34. The molecule has 0 saturated carbocycles. The Bertz CT molecular complexity index is 571. The van der Waals surface area contributed by atoms with E-state index >= 15 is 0 Å². The van der Waals surface area contributed by atoms with Gasteiger partial charge in [-0.3, -0.25) is 4.79 Å². The Kier molecular flexibility index (Phi) is 4.06. The van der Waals surface area contributed by atoms with E-state index in [2.05, 4.69) is 0 Å². The maximum Gasteiger partial charge on any atom is 0.322 e. The summed E-state index contributed by atoms with van der Waals surface area (Å²) < 4.78 is 39.6. The van der Waals surface area contributed by atoms with Crippen LogP contribution in [0, 0.1) is 29.3 Å². The molecule has 1 fully saturated rings. The number of nitrogens with one attached hydrogen (secondary N) is 1. The monoisotopic (exact) mass is 302 g/mol. The van der Waals surface area contributed by atoms with Crippen molar-refractivity contribution in [2.75, 3.05) is 18.4 Å². The molecule has 21 heavy (non-hydrogen) atoms. The molecule has 2 rings (SSSR count). The maximum absolute atomic E-state index is 13.4. The third kappa shape index (κ3) is 3.09. The van der Waals surface area contributed by atoms with Crippen molar-refractivity contribution in [1.29, 1.82) is 0 Å². The highest BCUT2D eigenvalue weighted by molar-refractivity contribution is 5.90. The van der Waals surface area contributed by atoms with E-state index in [9.17, 15) is 22.8 Å². The van der Waals surface area contributed by atoms with Gasteiger partial charge in [0.05, 0.1) is 5.92 Å². The van der Waals surface area contributed by atoms with Gasteiger partial charge in [-0.2, -0.15) is 0 Å². The minimum Gasteiger partial charge on any atom is -0.481 e. The lowest BCUT2D eigenvalue weighted by Gasteiger charge is -2.17. The van der Waals surface area contributed by atoms with Crippen molar-refractivity contribution in [2.24, 2.45) is 11.8 Å². The number of halogens is 3. The van der Waals surface area contributed by atoms with Crippen molar-refractivity contribution in [2.45, 2.75) is 6.92 Å². The van der Waals surface area contributed by atoms with Crippen molar-refractivity contribution in [3.05, 3.63) is 29.6 Å². The van der Waals surface area contributed by atoms with Gasteiger partial charge >= 0.3 is 12.0 Å². The van der Waals surface area contributed by atoms with E-state index in [-0.39, 0.29) is 19.0 Å². The Morgan fingerprint density at radius 1 is 1.24 bits per heavy atom. The number of carboxylic acids is 1. The molecule has 114 valence electrons. The van der Waals surface area contributed by atoms with Crippen LogP contribution in [0.2, 0.25) is 0 Å². The van der Waals surface area contributed by atoms with Gasteiger partial charge < -0.3 is 15.3 Å². The summed E-state index contributed by atoms with van der Waals surface area (Å²) in [7, 11) is 0. The highest BCUT2D eigenvalue weighted by Crippen LogP contribution is 2.25. The van der Waals surface area contributed by atoms with Crippen LogP contribution in [0.5, 0.6) is 0 Å². The standard InChI is InChI=1S/C13H13F3N2O3/c1-6-4-18(5-8(6)12(19)20)13(21)17-11-9(15)2-7(14)3-10(11)16/h2-3,6,8H,4-5H2,1H3,(H,17,21)(H,19,20). The fourth-order valence-electron chi connectivity index (χ4n) is 2.30. The molecule has 1 aliphatic rings. The van der Waals surface area contributed by atoms with E-state index in [4.69, 9.17) is 5.11 Å². The number of likely N-dealkylation sites (tertiary alicyclic amines) is 1. The molecule has 5 nitrogen and oxygen atoms in total. The first-order valence-electron chi connectivity index (χ1n) is 6.23. The summed E-state index contributed by atoms with van der Waals surface area (Å²) in [6, 6.07) is 0.0754. The first-order valence-corrected chi connectivity index (χ1v) is 6.23. The molecule has 0 aliphatic carbocycles. The van der Waals surface area contributed by atoms with Crippen molar-refractivity contribution in [3.8, 4) is 0 Å². The third-order valence-corrected chi connectivity index (χ3v) is 3.46. The lowest BCUT2D eigenvalue weighted by atomic mass is 9.99. The Morgan fingerprint density at radius 2 is 1.81 bits per heavy atom. The molecule has 1 heterocycles. The second-order valence-corrected chi connectivity index (χ2v) is 5.00. The number of urea groups is 1. The number of nitrogens with zero attached hydrogens (tertiary/aromatic N) is 1. The normalized spacial score (nSPS) is 21.4. The molecule has 0 spiro atoms. The van der Waals surface area contributed by atoms with Crippen LogP contribution in [0.15, 0.2) is 12.1 Å². The van der Waals surface area contributed by atoms with Gasteiger partial charge in [-0.25, -0.2) is 18.0 Å². The maximum atomic E-state index is 13.4. The molecule has 0 aromatic heterocycles. The Balaban J connectivity index is 2.11. The van der Waals surface area contributed by atoms with E-state index < -0.39 is 41.1 Å². The number of carbonyl (C=O) groups excluding carboxylic acids is 1. The summed E-state index contributed by atoms with van der Waals surface area (Å²) in [5.74, 6) is -5.58. The molecule has 1 aliphatic heterocycles. The number of benzene rings is 1. The number of rotatable bonds is 2. The van der Waals surface area contributed by atoms with Crippen molar-refractivity contribution < 1.29 is 27.9 Å². The number of hydrogen-bond donors (Lipinski definition) is 2. The first-order chi connectivity index (χ1) is 9.79. The van der Waals surface area contributed by atoms with Gasteiger partial charge in [0.25, 0.3) is 0 Å². The van der Waals surface area contributed by atoms with Gasteiger partial charge in [0.1, 0.15) is 11.5 Å². The van der Waals surface area contributed by atoms with Crippen LogP contribution in [0.3, 0.4) is 0 Å². The average Bonchev–Trinajstić information content (AvgIpc) is 2.75. The minimum atomic E-state index is -1.23. The quantitative estimate of drug-likeness (QED) is 0.880. The Hall–Kier alpha value is -2.25. The van der Waals surface area contributed by atoms with Gasteiger partial charge in [-0.1, -0.05) is 6.92 Å². The molecule has 0 radical (unpaired) electrons. The summed E-state index contributed by atoms with van der Waals surface area (Å²) in [6.07, 6.45) is 0. The molecular weight excluding hydrogens is 289 g/mol. The second-order valence-electron chi connectivity index (χ2n) is 5.00. The predicted octanol–water partition coefficient (Wildman–Crippen LogP) is 2.29. The van der Waals surface area contributed by atoms with E-state index in [1.165, 1.54) is 0 Å². The molecule has 1 aromatic carbocycles. The molecule has 2 N–H and O–H groups in total. The van der Waals surface area contributed by atoms with Gasteiger partial charge in [0.15, 0.2) is 11.6 Å². The van der Waals surface area contributed by atoms with Crippen LogP contribution in [0.1, 0.15) is 6.92 Å². The number of amides is 2. The molecule has 1 aromatic rings. The fourth-order valence-corrected chi connectivity index (χ4v) is 2.30. The number of anilines is 1. The van der Waals surface area contributed by atoms with Crippen molar-refractivity contribution >= 4 is 17.7 Å². The van der Waals surface area contributed by atoms with Gasteiger partial charge in [-0.15, -0.1) is 0 Å². The molecule has 0 bridgehead atoms.